The smallest absolute Gasteiger partial charge is 0.342 e. The number of rotatable bonds is 1. The Morgan fingerprint density at radius 2 is 1.74 bits per heavy atom. The first kappa shape index (κ1) is 15.9. The maximum absolute atomic E-state index is 12.8. The number of hydrogen-bond donors (Lipinski definition) is 1. The molecule has 9 heteroatoms. The summed E-state index contributed by atoms with van der Waals surface area (Å²) in [7, 11) is -2.72. The predicted molar refractivity (Wildman–Crippen MR) is 88.0 cm³/mol. The monoisotopic (exact) mass is 372 g/mol. The van der Waals surface area contributed by atoms with Crippen LogP contribution in [0.1, 0.15) is 0 Å². The zero-order valence-electron chi connectivity index (χ0n) is 11.7. The van der Waals surface area contributed by atoms with Gasteiger partial charge in [-0.05, 0) is 30.3 Å². The molecule has 0 aliphatic carbocycles. The van der Waals surface area contributed by atoms with Crippen molar-refractivity contribution in [2.45, 2.75) is 4.90 Å². The van der Waals surface area contributed by atoms with Gasteiger partial charge >= 0.3 is 6.03 Å². The Kier molecular flexibility index (Phi) is 3.66. The van der Waals surface area contributed by atoms with E-state index in [1.165, 1.54) is 43.4 Å². The van der Waals surface area contributed by atoms with Crippen LogP contribution in [0.4, 0.5) is 16.2 Å². The third-order valence-corrected chi connectivity index (χ3v) is 5.91. The fourth-order valence-electron chi connectivity index (χ4n) is 2.29. The Labute approximate surface area is 142 Å². The minimum absolute atomic E-state index is 0.0787. The van der Waals surface area contributed by atoms with Crippen LogP contribution < -0.4 is 9.21 Å². The quantitative estimate of drug-likeness (QED) is 0.831. The van der Waals surface area contributed by atoms with Gasteiger partial charge in [-0.15, -0.1) is 0 Å². The molecule has 0 saturated heterocycles. The van der Waals surface area contributed by atoms with Gasteiger partial charge in [-0.3, -0.25) is 4.90 Å². The van der Waals surface area contributed by atoms with Crippen molar-refractivity contribution in [3.8, 4) is 5.75 Å². The van der Waals surface area contributed by atoms with Gasteiger partial charge in [0.1, 0.15) is 10.6 Å². The molecular weight excluding hydrogens is 363 g/mol. The molecule has 1 aliphatic heterocycles. The summed E-state index contributed by atoms with van der Waals surface area (Å²) in [5.41, 5.74) is 0.182. The van der Waals surface area contributed by atoms with E-state index >= 15 is 0 Å². The molecule has 120 valence electrons. The second-order valence-electron chi connectivity index (χ2n) is 4.86. The van der Waals surface area contributed by atoms with Crippen molar-refractivity contribution in [1.29, 1.82) is 0 Å². The summed E-state index contributed by atoms with van der Waals surface area (Å²) in [4.78, 5) is 13.6. The number of sulfonamides is 1. The molecule has 23 heavy (non-hydrogen) atoms. The molecule has 2 amide bonds. The van der Waals surface area contributed by atoms with E-state index in [0.29, 0.717) is 4.31 Å². The highest BCUT2D eigenvalue weighted by Gasteiger charge is 2.41. The summed E-state index contributed by atoms with van der Waals surface area (Å²) in [5.74, 6) is -0.137. The predicted octanol–water partition coefficient (Wildman–Crippen LogP) is 3.46. The summed E-state index contributed by atoms with van der Waals surface area (Å²) in [6.07, 6.45) is 0. The number of aromatic hydroxyl groups is 1. The van der Waals surface area contributed by atoms with Crippen LogP contribution in [0, 0.1) is 0 Å². The highest BCUT2D eigenvalue weighted by atomic mass is 35.5. The van der Waals surface area contributed by atoms with E-state index in [-0.39, 0.29) is 32.1 Å². The van der Waals surface area contributed by atoms with E-state index in [0.717, 1.165) is 4.90 Å². The molecule has 1 aliphatic rings. The first-order valence-electron chi connectivity index (χ1n) is 6.34. The molecule has 0 aromatic heterocycles. The third-order valence-electron chi connectivity index (χ3n) is 3.42. The SMILES string of the molecule is CN1C(=O)N(c2ccc(Cl)c(Cl)c2)S(=O)(=O)c2ccc(O)cc21. The minimum Gasteiger partial charge on any atom is -0.508 e. The Hall–Kier alpha value is -1.96. The van der Waals surface area contributed by atoms with E-state index in [2.05, 4.69) is 0 Å². The number of halogens is 2. The largest absolute Gasteiger partial charge is 0.508 e. The molecule has 3 rings (SSSR count). The number of urea groups is 1. The Morgan fingerprint density at radius 3 is 2.39 bits per heavy atom. The number of carbonyl (C=O) groups is 1. The summed E-state index contributed by atoms with van der Waals surface area (Å²) >= 11 is 11.8. The van der Waals surface area contributed by atoms with Crippen molar-refractivity contribution in [2.24, 2.45) is 0 Å². The topological polar surface area (TPSA) is 77.9 Å². The lowest BCUT2D eigenvalue weighted by molar-refractivity contribution is 0.255. The number of hydrogen-bond acceptors (Lipinski definition) is 4. The molecule has 2 aromatic carbocycles. The molecule has 2 aromatic rings. The van der Waals surface area contributed by atoms with Gasteiger partial charge in [0.25, 0.3) is 10.0 Å². The second kappa shape index (κ2) is 5.30. The molecule has 1 heterocycles. The van der Waals surface area contributed by atoms with E-state index in [9.17, 15) is 18.3 Å². The van der Waals surface area contributed by atoms with Crippen molar-refractivity contribution >= 4 is 50.6 Å². The number of nitrogens with zero attached hydrogens (tertiary/aromatic N) is 2. The molecule has 0 unspecified atom stereocenters. The molecule has 0 atom stereocenters. The van der Waals surface area contributed by atoms with Gasteiger partial charge in [0.2, 0.25) is 0 Å². The van der Waals surface area contributed by atoms with Crippen molar-refractivity contribution in [1.82, 2.24) is 0 Å². The molecule has 6 nitrogen and oxygen atoms in total. The van der Waals surface area contributed by atoms with E-state index in [1.54, 1.807) is 0 Å². The highest BCUT2D eigenvalue weighted by Crippen LogP contribution is 2.39. The fraction of sp³-hybridized carbons (Fsp3) is 0.0714. The normalized spacial score (nSPS) is 16.4. The van der Waals surface area contributed by atoms with Gasteiger partial charge < -0.3 is 5.11 Å². The Bertz CT molecular complexity index is 930. The molecule has 0 bridgehead atoms. The lowest BCUT2D eigenvalue weighted by Crippen LogP contribution is -2.49. The lowest BCUT2D eigenvalue weighted by atomic mass is 10.2. The van der Waals surface area contributed by atoms with E-state index in [4.69, 9.17) is 23.2 Å². The van der Waals surface area contributed by atoms with Crippen LogP contribution >= 0.6 is 23.2 Å². The van der Waals surface area contributed by atoms with Crippen molar-refractivity contribution in [2.75, 3.05) is 16.3 Å². The van der Waals surface area contributed by atoms with E-state index < -0.39 is 16.1 Å². The average molecular weight is 373 g/mol. The average Bonchev–Trinajstić information content (AvgIpc) is 2.48. The van der Waals surface area contributed by atoms with Crippen LogP contribution in [0.15, 0.2) is 41.3 Å². The summed E-state index contributed by atoms with van der Waals surface area (Å²) in [6, 6.07) is 7.02. The maximum atomic E-state index is 12.8. The zero-order chi connectivity index (χ0) is 16.9. The molecule has 1 N–H and O–H groups in total. The zero-order valence-corrected chi connectivity index (χ0v) is 14.0. The fourth-order valence-corrected chi connectivity index (χ4v) is 4.20. The molecule has 0 saturated carbocycles. The molecule has 0 spiro atoms. The summed E-state index contributed by atoms with van der Waals surface area (Å²) < 4.78 is 26.2. The van der Waals surface area contributed by atoms with Crippen LogP contribution in [0.3, 0.4) is 0 Å². The van der Waals surface area contributed by atoms with Gasteiger partial charge in [0.05, 0.1) is 21.4 Å². The Balaban J connectivity index is 2.25. The van der Waals surface area contributed by atoms with Crippen LogP contribution in [0.5, 0.6) is 5.75 Å². The van der Waals surface area contributed by atoms with Crippen molar-refractivity contribution in [3.05, 3.63) is 46.4 Å². The first-order valence-corrected chi connectivity index (χ1v) is 8.54. The third kappa shape index (κ3) is 2.41. The molecular formula is C14H10Cl2N2O4S. The number of carbonyl (C=O) groups excluding carboxylic acids is 1. The highest BCUT2D eigenvalue weighted by molar-refractivity contribution is 7.94. The molecule has 0 radical (unpaired) electrons. The van der Waals surface area contributed by atoms with Gasteiger partial charge in [-0.2, -0.15) is 4.31 Å². The van der Waals surface area contributed by atoms with Crippen molar-refractivity contribution < 1.29 is 18.3 Å². The standard InChI is InChI=1S/C14H10Cl2N2O4S/c1-17-12-7-9(19)3-5-13(12)23(21,22)18(14(17)20)8-2-4-10(15)11(16)6-8/h2-7,19H,1H3. The second-order valence-corrected chi connectivity index (χ2v) is 7.43. The first-order chi connectivity index (χ1) is 10.7. The van der Waals surface area contributed by atoms with Crippen LogP contribution in [0.2, 0.25) is 10.0 Å². The number of amides is 2. The summed E-state index contributed by atoms with van der Waals surface area (Å²) in [5, 5.41) is 9.91. The van der Waals surface area contributed by atoms with Gasteiger partial charge in [0, 0.05) is 13.1 Å². The Morgan fingerprint density at radius 1 is 1.04 bits per heavy atom. The number of phenols is 1. The van der Waals surface area contributed by atoms with Gasteiger partial charge in [0.15, 0.2) is 0 Å². The van der Waals surface area contributed by atoms with Crippen LogP contribution in [-0.4, -0.2) is 26.6 Å². The van der Waals surface area contributed by atoms with Crippen LogP contribution in [0.25, 0.3) is 0 Å². The minimum atomic E-state index is -4.14. The van der Waals surface area contributed by atoms with Crippen LogP contribution in [-0.2, 0) is 10.0 Å². The molecule has 0 fully saturated rings. The van der Waals surface area contributed by atoms with Crippen molar-refractivity contribution in [3.63, 3.8) is 0 Å². The maximum Gasteiger partial charge on any atom is 0.342 e. The summed E-state index contributed by atoms with van der Waals surface area (Å²) in [6.45, 7) is 0. The lowest BCUT2D eigenvalue weighted by Gasteiger charge is -2.34. The number of benzene rings is 2. The van der Waals surface area contributed by atoms with E-state index in [1.807, 2.05) is 0 Å². The van der Waals surface area contributed by atoms with Gasteiger partial charge in [-0.1, -0.05) is 23.2 Å². The number of fused-ring (bicyclic) bond motifs is 1. The van der Waals surface area contributed by atoms with Gasteiger partial charge in [-0.25, -0.2) is 13.2 Å². The number of anilines is 2. The number of phenolic OH excluding ortho intramolecular Hbond substituents is 1.